The summed E-state index contributed by atoms with van der Waals surface area (Å²) in [5.41, 5.74) is 5.22. The third-order valence-electron chi connectivity index (χ3n) is 8.86. The van der Waals surface area contributed by atoms with Crippen LogP contribution in [0.3, 0.4) is 0 Å². The van der Waals surface area contributed by atoms with Crippen LogP contribution in [0.5, 0.6) is 0 Å². The van der Waals surface area contributed by atoms with Gasteiger partial charge in [0, 0.05) is 38.6 Å². The number of benzene rings is 6. The Morgan fingerprint density at radius 3 is 1.89 bits per heavy atom. The fourth-order valence-electron chi connectivity index (χ4n) is 6.62. The molecule has 1 aliphatic carbocycles. The van der Waals surface area contributed by atoms with Gasteiger partial charge in [0.2, 0.25) is 0 Å². The van der Waals surface area contributed by atoms with E-state index in [1.165, 1.54) is 4.57 Å². The molecule has 2 heterocycles. The minimum atomic E-state index is -0.483. The Morgan fingerprint density at radius 1 is 0.543 bits per heavy atom. The molecule has 0 fully saturated rings. The monoisotopic (exact) mass is 598 g/mol. The van der Waals surface area contributed by atoms with Crippen LogP contribution < -0.4 is 0 Å². The van der Waals surface area contributed by atoms with Crippen molar-refractivity contribution in [3.8, 4) is 51.0 Å². The summed E-state index contributed by atoms with van der Waals surface area (Å²) in [5.74, 6) is 0.557. The van der Waals surface area contributed by atoms with Gasteiger partial charge >= 0.3 is 0 Å². The summed E-state index contributed by atoms with van der Waals surface area (Å²) in [6, 6.07) is 27.3. The van der Waals surface area contributed by atoms with E-state index in [0.29, 0.717) is 33.7 Å². The summed E-state index contributed by atoms with van der Waals surface area (Å²) in [6.07, 6.45) is 0. The molecule has 1 aliphatic rings. The molecule has 0 saturated carbocycles. The second kappa shape index (κ2) is 10.1. The highest BCUT2D eigenvalue weighted by Gasteiger charge is 2.36. The van der Waals surface area contributed by atoms with Gasteiger partial charge in [-0.05, 0) is 52.5 Å². The van der Waals surface area contributed by atoms with E-state index in [-0.39, 0.29) is 46.1 Å². The minimum Gasteiger partial charge on any atom is -0.309 e. The zero-order valence-electron chi connectivity index (χ0n) is 33.0. The fourth-order valence-corrected chi connectivity index (χ4v) is 6.62. The van der Waals surface area contributed by atoms with Crippen LogP contribution in [-0.4, -0.2) is 19.5 Å². The lowest BCUT2D eigenvalue weighted by molar-refractivity contribution is 0.661. The molecule has 0 atom stereocenters. The van der Waals surface area contributed by atoms with Crippen molar-refractivity contribution >= 4 is 21.8 Å². The second-order valence-corrected chi connectivity index (χ2v) is 11.9. The van der Waals surface area contributed by atoms with Crippen LogP contribution in [0.2, 0.25) is 0 Å². The van der Waals surface area contributed by atoms with E-state index >= 15 is 0 Å². The molecule has 0 unspecified atom stereocenters. The summed E-state index contributed by atoms with van der Waals surface area (Å²) in [6.45, 7) is 4.23. The number of hydrogen-bond acceptors (Lipinski definition) is 3. The lowest BCUT2D eigenvalue weighted by Crippen LogP contribution is -2.14. The highest BCUT2D eigenvalue weighted by Crippen LogP contribution is 2.51. The molecule has 218 valence electrons. The van der Waals surface area contributed by atoms with Crippen LogP contribution in [0.1, 0.15) is 35.9 Å². The first kappa shape index (κ1) is 19.5. The number of rotatable bonds is 4. The van der Waals surface area contributed by atoms with Gasteiger partial charge < -0.3 is 4.57 Å². The molecule has 0 bridgehead atoms. The normalized spacial score (nSPS) is 15.6. The van der Waals surface area contributed by atoms with E-state index in [0.717, 1.165) is 22.3 Å². The van der Waals surface area contributed by atoms with Crippen molar-refractivity contribution in [2.75, 3.05) is 0 Å². The molecule has 46 heavy (non-hydrogen) atoms. The lowest BCUT2D eigenvalue weighted by atomic mass is 9.82. The number of fused-ring (bicyclic) bond motifs is 6. The maximum Gasteiger partial charge on any atom is 0.164 e. The van der Waals surface area contributed by atoms with E-state index in [2.05, 4.69) is 19.9 Å². The van der Waals surface area contributed by atoms with Crippen LogP contribution in [0, 0.1) is 0 Å². The zero-order valence-corrected chi connectivity index (χ0v) is 25.0. The Kier molecular flexibility index (Phi) is 4.27. The van der Waals surface area contributed by atoms with Gasteiger partial charge in [-0.3, -0.25) is 0 Å². The van der Waals surface area contributed by atoms with Gasteiger partial charge in [0.05, 0.1) is 22.0 Å². The van der Waals surface area contributed by atoms with Crippen molar-refractivity contribution in [2.45, 2.75) is 19.3 Å². The molecular weight excluding hydrogens is 560 g/mol. The molecule has 0 saturated heterocycles. The summed E-state index contributed by atoms with van der Waals surface area (Å²) in [4.78, 5) is 14.2. The number of aromatic nitrogens is 4. The first-order valence-electron chi connectivity index (χ1n) is 19.1. The van der Waals surface area contributed by atoms with Gasteiger partial charge in [0.25, 0.3) is 0 Å². The molecule has 4 nitrogen and oxygen atoms in total. The molecule has 2 aromatic heterocycles. The summed E-state index contributed by atoms with van der Waals surface area (Å²) in [5, 5.41) is 0.753. The van der Waals surface area contributed by atoms with Crippen molar-refractivity contribution in [3.63, 3.8) is 0 Å². The Balaban J connectivity index is 1.41. The topological polar surface area (TPSA) is 43.6 Å². The largest absolute Gasteiger partial charge is 0.309 e. The first-order chi connectivity index (χ1) is 25.9. The molecule has 0 spiro atoms. The van der Waals surface area contributed by atoms with E-state index in [4.69, 9.17) is 23.2 Å². The lowest BCUT2D eigenvalue weighted by Gasteiger charge is -2.21. The highest BCUT2D eigenvalue weighted by atomic mass is 15.0. The van der Waals surface area contributed by atoms with Gasteiger partial charge in [-0.15, -0.1) is 0 Å². The molecular formula is C42H30N4. The average Bonchev–Trinajstić information content (AvgIpc) is 3.63. The van der Waals surface area contributed by atoms with Gasteiger partial charge in [0.15, 0.2) is 17.5 Å². The molecule has 6 aromatic carbocycles. The maximum atomic E-state index is 9.76. The van der Waals surface area contributed by atoms with E-state index in [1.54, 1.807) is 0 Å². The quantitative estimate of drug-likeness (QED) is 0.202. The van der Waals surface area contributed by atoms with Gasteiger partial charge in [-0.25, -0.2) is 15.0 Å². The highest BCUT2D eigenvalue weighted by molar-refractivity contribution is 6.11. The van der Waals surface area contributed by atoms with E-state index < -0.39 is 35.6 Å². The van der Waals surface area contributed by atoms with Crippen molar-refractivity contribution in [3.05, 3.63) is 157 Å². The Morgan fingerprint density at radius 2 is 1.17 bits per heavy atom. The Hall–Kier alpha value is -5.87. The fraction of sp³-hybridized carbons (Fsp3) is 0.0714. The molecule has 8 aromatic rings. The van der Waals surface area contributed by atoms with Crippen LogP contribution in [0.15, 0.2) is 145 Å². The molecule has 0 N–H and O–H groups in total. The SMILES string of the molecule is [2H]c1c([2H])c(-c2nc(-c3ccccc3)nc(-c3ccccc3)n2)c([2H])c(-n2c3cc4c(cc3c3c([2H])c([2H])c([2H])c([2H])c32)-c2ccccc2C4(C)C)c1[2H]. The van der Waals surface area contributed by atoms with Crippen LogP contribution in [0.4, 0.5) is 0 Å². The van der Waals surface area contributed by atoms with Gasteiger partial charge in [-0.2, -0.15) is 0 Å². The van der Waals surface area contributed by atoms with Gasteiger partial charge in [0.1, 0.15) is 0 Å². The average molecular weight is 599 g/mol. The summed E-state index contributed by atoms with van der Waals surface area (Å²) < 4.78 is 74.3. The minimum absolute atomic E-state index is 0.0346. The predicted octanol–water partition coefficient (Wildman–Crippen LogP) is 10.3. The maximum absolute atomic E-state index is 9.76. The third-order valence-corrected chi connectivity index (χ3v) is 8.86. The van der Waals surface area contributed by atoms with Crippen LogP contribution in [-0.2, 0) is 5.41 Å². The first-order valence-corrected chi connectivity index (χ1v) is 15.1. The molecule has 0 amide bonds. The van der Waals surface area contributed by atoms with Crippen molar-refractivity contribution < 1.29 is 11.0 Å². The van der Waals surface area contributed by atoms with E-state index in [9.17, 15) is 2.74 Å². The number of nitrogens with zero attached hydrogens (tertiary/aromatic N) is 4. The van der Waals surface area contributed by atoms with Crippen LogP contribution in [0.25, 0.3) is 72.8 Å². The van der Waals surface area contributed by atoms with Gasteiger partial charge in [-0.1, -0.05) is 129 Å². The van der Waals surface area contributed by atoms with E-state index in [1.807, 2.05) is 91.0 Å². The molecule has 0 radical (unpaired) electrons. The van der Waals surface area contributed by atoms with Crippen molar-refractivity contribution in [2.24, 2.45) is 0 Å². The van der Waals surface area contributed by atoms with Crippen molar-refractivity contribution in [1.29, 1.82) is 0 Å². The molecule has 9 rings (SSSR count). The number of hydrogen-bond donors (Lipinski definition) is 0. The smallest absolute Gasteiger partial charge is 0.164 e. The zero-order chi connectivity index (χ0) is 37.8. The van der Waals surface area contributed by atoms with Crippen LogP contribution >= 0.6 is 0 Å². The molecule has 4 heteroatoms. The number of para-hydroxylation sites is 1. The predicted molar refractivity (Wildman–Crippen MR) is 188 cm³/mol. The standard InChI is InChI=1S/C42H30N4/c1-42(2)35-22-11-9-20-31(35)33-25-34-32-21-10-12-23-37(32)46(38(34)26-36(33)42)30-19-13-18-29(24-30)41-44-39(27-14-5-3-6-15-27)43-40(45-41)28-16-7-4-8-17-28/h3-26H,1-2H3/i10D,12D,13D,18D,19D,21D,23D,24D. The Bertz CT molecular complexity index is 2830. The third kappa shape index (κ3) is 4.04. The summed E-state index contributed by atoms with van der Waals surface area (Å²) in [7, 11) is 0. The molecule has 0 aliphatic heterocycles. The summed E-state index contributed by atoms with van der Waals surface area (Å²) >= 11 is 0. The van der Waals surface area contributed by atoms with Crippen molar-refractivity contribution in [1.82, 2.24) is 19.5 Å². The second-order valence-electron chi connectivity index (χ2n) is 11.9. The Labute approximate surface area is 278 Å².